The van der Waals surface area contributed by atoms with E-state index in [1.807, 2.05) is 0 Å². The van der Waals surface area contributed by atoms with E-state index in [2.05, 4.69) is 20.1 Å². The Morgan fingerprint density at radius 1 is 1.17 bits per heavy atom. The summed E-state index contributed by atoms with van der Waals surface area (Å²) >= 11 is 0. The maximum absolute atomic E-state index is 12.1. The molecule has 0 saturated heterocycles. The molecule has 0 aliphatic carbocycles. The van der Waals surface area contributed by atoms with Crippen molar-refractivity contribution < 1.29 is 24.0 Å². The molecular weight excluding hydrogens is 320 g/mol. The summed E-state index contributed by atoms with van der Waals surface area (Å²) in [6.07, 6.45) is -0.944. The van der Waals surface area contributed by atoms with Crippen molar-refractivity contribution in [2.24, 2.45) is 5.73 Å². The summed E-state index contributed by atoms with van der Waals surface area (Å²) in [5.74, 6) is -0.870. The minimum absolute atomic E-state index is 0.0298. The third-order valence-corrected chi connectivity index (χ3v) is 3.11. The second kappa shape index (κ2) is 6.42. The van der Waals surface area contributed by atoms with Crippen molar-refractivity contribution in [2.45, 2.75) is 13.2 Å². The molecule has 3 rings (SSSR count). The van der Waals surface area contributed by atoms with Gasteiger partial charge in [-0.3, -0.25) is 14.4 Å². The fraction of sp³-hybridized carbons (Fsp3) is 0.231. The van der Waals surface area contributed by atoms with Crippen LogP contribution in [-0.2, 0) is 22.7 Å². The van der Waals surface area contributed by atoms with Crippen LogP contribution in [0.3, 0.4) is 0 Å². The molecule has 1 aliphatic heterocycles. The van der Waals surface area contributed by atoms with Crippen LogP contribution in [0.1, 0.15) is 26.5 Å². The van der Waals surface area contributed by atoms with E-state index in [4.69, 9.17) is 10.6 Å². The number of amides is 3. The van der Waals surface area contributed by atoms with Gasteiger partial charge in [0.25, 0.3) is 11.8 Å². The van der Waals surface area contributed by atoms with Crippen LogP contribution >= 0.6 is 0 Å². The van der Waals surface area contributed by atoms with Gasteiger partial charge in [0, 0.05) is 0 Å². The van der Waals surface area contributed by atoms with Crippen LogP contribution in [0.5, 0.6) is 0 Å². The van der Waals surface area contributed by atoms with Gasteiger partial charge in [0.2, 0.25) is 5.82 Å². The van der Waals surface area contributed by atoms with Gasteiger partial charge in [-0.1, -0.05) is 12.1 Å². The van der Waals surface area contributed by atoms with Gasteiger partial charge in [-0.25, -0.2) is 4.79 Å². The number of rotatable bonds is 6. The summed E-state index contributed by atoms with van der Waals surface area (Å²) in [6, 6.07) is 6.46. The average Bonchev–Trinajstić information content (AvgIpc) is 3.12. The lowest BCUT2D eigenvalue weighted by molar-refractivity contribution is -0.0948. The lowest BCUT2D eigenvalue weighted by atomic mass is 10.1. The Bertz CT molecular complexity index is 769. The highest BCUT2D eigenvalue weighted by atomic mass is 16.7. The number of fused-ring (bicyclic) bond motifs is 1. The molecule has 0 unspecified atom stereocenters. The first-order valence-electron chi connectivity index (χ1n) is 6.86. The molecule has 0 spiro atoms. The van der Waals surface area contributed by atoms with Crippen LogP contribution in [0.4, 0.5) is 4.79 Å². The van der Waals surface area contributed by atoms with Gasteiger partial charge in [0.15, 0.2) is 6.61 Å². The zero-order valence-corrected chi connectivity index (χ0v) is 12.3. The highest BCUT2D eigenvalue weighted by molar-refractivity contribution is 6.20. The smallest absolute Gasteiger partial charge is 0.404 e. The van der Waals surface area contributed by atoms with Crippen LogP contribution < -0.4 is 5.73 Å². The van der Waals surface area contributed by atoms with Gasteiger partial charge in [-0.05, 0) is 17.3 Å². The molecular formula is C13H12N6O5. The van der Waals surface area contributed by atoms with Crippen LogP contribution in [0.15, 0.2) is 24.3 Å². The van der Waals surface area contributed by atoms with Crippen molar-refractivity contribution >= 4 is 17.9 Å². The van der Waals surface area contributed by atoms with E-state index in [0.717, 1.165) is 0 Å². The van der Waals surface area contributed by atoms with Crippen molar-refractivity contribution in [1.82, 2.24) is 25.3 Å². The molecule has 124 valence electrons. The number of tetrazole rings is 1. The van der Waals surface area contributed by atoms with Crippen molar-refractivity contribution in [3.05, 3.63) is 41.2 Å². The molecule has 0 fully saturated rings. The van der Waals surface area contributed by atoms with Gasteiger partial charge in [-0.15, -0.1) is 15.3 Å². The maximum atomic E-state index is 12.1. The number of aromatic nitrogens is 4. The van der Waals surface area contributed by atoms with Crippen LogP contribution in [0, 0.1) is 0 Å². The number of nitrogens with zero attached hydrogens (tertiary/aromatic N) is 5. The molecule has 2 aromatic rings. The SMILES string of the molecule is NC(=O)OCc1nnn(CCON2C(=O)c3ccccc3C2=O)n1. The number of nitrogens with two attached hydrogens (primary N) is 1. The highest BCUT2D eigenvalue weighted by Crippen LogP contribution is 2.22. The van der Waals surface area contributed by atoms with Crippen LogP contribution in [0.2, 0.25) is 0 Å². The van der Waals surface area contributed by atoms with Crippen molar-refractivity contribution in [2.75, 3.05) is 6.61 Å². The molecule has 0 atom stereocenters. The predicted octanol–water partition coefficient (Wildman–Crippen LogP) is -0.504. The molecule has 24 heavy (non-hydrogen) atoms. The van der Waals surface area contributed by atoms with E-state index in [1.54, 1.807) is 24.3 Å². The summed E-state index contributed by atoms with van der Waals surface area (Å²) in [5.41, 5.74) is 5.42. The Morgan fingerprint density at radius 2 is 1.83 bits per heavy atom. The number of hydrogen-bond donors (Lipinski definition) is 1. The fourth-order valence-corrected chi connectivity index (χ4v) is 2.06. The first kappa shape index (κ1) is 15.6. The number of imide groups is 1. The third kappa shape index (κ3) is 3.05. The lowest BCUT2D eigenvalue weighted by Crippen LogP contribution is -2.31. The molecule has 2 N–H and O–H groups in total. The van der Waals surface area contributed by atoms with Gasteiger partial charge < -0.3 is 10.5 Å². The fourth-order valence-electron chi connectivity index (χ4n) is 2.06. The molecule has 0 saturated carbocycles. The number of carbonyl (C=O) groups excluding carboxylic acids is 3. The Labute approximate surface area is 134 Å². The zero-order chi connectivity index (χ0) is 17.1. The van der Waals surface area contributed by atoms with Crippen molar-refractivity contribution in [1.29, 1.82) is 0 Å². The normalized spacial score (nSPS) is 13.2. The Morgan fingerprint density at radius 3 is 2.46 bits per heavy atom. The quantitative estimate of drug-likeness (QED) is 0.697. The predicted molar refractivity (Wildman–Crippen MR) is 75.1 cm³/mol. The first-order chi connectivity index (χ1) is 11.6. The van der Waals surface area contributed by atoms with E-state index in [9.17, 15) is 14.4 Å². The van der Waals surface area contributed by atoms with Gasteiger partial charge in [0.05, 0.1) is 24.3 Å². The van der Waals surface area contributed by atoms with E-state index < -0.39 is 17.9 Å². The summed E-state index contributed by atoms with van der Waals surface area (Å²) in [6.45, 7) is -0.0937. The van der Waals surface area contributed by atoms with E-state index in [-0.39, 0.29) is 25.6 Å². The minimum atomic E-state index is -0.944. The van der Waals surface area contributed by atoms with E-state index >= 15 is 0 Å². The summed E-state index contributed by atoms with van der Waals surface area (Å²) in [5, 5.41) is 12.0. The monoisotopic (exact) mass is 332 g/mol. The molecule has 11 nitrogen and oxygen atoms in total. The standard InChI is InChI=1S/C13H12N6O5/c14-13(22)23-7-10-15-17-18(16-10)5-6-24-19-11(20)8-3-1-2-4-9(8)12(19)21/h1-4H,5-7H2,(H2,14,22). The third-order valence-electron chi connectivity index (χ3n) is 3.11. The Kier molecular flexibility index (Phi) is 4.16. The minimum Gasteiger partial charge on any atom is -0.441 e. The number of primary amides is 1. The summed E-state index contributed by atoms with van der Waals surface area (Å²) in [4.78, 5) is 41.0. The molecule has 2 heterocycles. The van der Waals surface area contributed by atoms with Gasteiger partial charge >= 0.3 is 6.09 Å². The van der Waals surface area contributed by atoms with Crippen molar-refractivity contribution in [3.8, 4) is 0 Å². The molecule has 11 heteroatoms. The Balaban J connectivity index is 1.53. The molecule has 1 aromatic heterocycles. The number of benzene rings is 1. The van der Waals surface area contributed by atoms with Crippen molar-refractivity contribution in [3.63, 3.8) is 0 Å². The van der Waals surface area contributed by atoms with E-state index in [0.29, 0.717) is 16.2 Å². The molecule has 3 amide bonds. The number of ether oxygens (including phenoxy) is 1. The van der Waals surface area contributed by atoms with Gasteiger partial charge in [0.1, 0.15) is 0 Å². The number of carbonyl (C=O) groups is 3. The Hall–Kier alpha value is -3.34. The molecule has 1 aromatic carbocycles. The van der Waals surface area contributed by atoms with Gasteiger partial charge in [-0.2, -0.15) is 4.80 Å². The summed E-state index contributed by atoms with van der Waals surface area (Å²) in [7, 11) is 0. The molecule has 0 bridgehead atoms. The maximum Gasteiger partial charge on any atom is 0.404 e. The second-order valence-corrected chi connectivity index (χ2v) is 4.69. The lowest BCUT2D eigenvalue weighted by Gasteiger charge is -2.12. The topological polar surface area (TPSA) is 143 Å². The zero-order valence-electron chi connectivity index (χ0n) is 12.3. The second-order valence-electron chi connectivity index (χ2n) is 4.69. The number of hydroxylamine groups is 2. The van der Waals surface area contributed by atoms with Crippen LogP contribution in [0.25, 0.3) is 0 Å². The summed E-state index contributed by atoms with van der Waals surface area (Å²) < 4.78 is 4.52. The average molecular weight is 332 g/mol. The van der Waals surface area contributed by atoms with E-state index in [1.165, 1.54) is 4.80 Å². The number of hydrogen-bond acceptors (Lipinski definition) is 8. The highest BCUT2D eigenvalue weighted by Gasteiger charge is 2.36. The first-order valence-corrected chi connectivity index (χ1v) is 6.86. The van der Waals surface area contributed by atoms with Crippen LogP contribution in [-0.4, -0.2) is 49.8 Å². The molecule has 0 radical (unpaired) electrons. The molecule has 1 aliphatic rings. The largest absolute Gasteiger partial charge is 0.441 e.